The first kappa shape index (κ1) is 15.0. The van der Waals surface area contributed by atoms with E-state index in [9.17, 15) is 8.42 Å². The lowest BCUT2D eigenvalue weighted by molar-refractivity contribution is 0.477. The van der Waals surface area contributed by atoms with Crippen LogP contribution in [0.1, 0.15) is 52.4 Å². The van der Waals surface area contributed by atoms with Crippen molar-refractivity contribution in [2.75, 3.05) is 12.8 Å². The Morgan fingerprint density at radius 1 is 1.18 bits per heavy atom. The molecule has 1 N–H and O–H groups in total. The number of sulfone groups is 1. The summed E-state index contributed by atoms with van der Waals surface area (Å²) in [5.41, 5.74) is 0. The highest BCUT2D eigenvalue weighted by atomic mass is 32.2. The average Bonchev–Trinajstić information content (AvgIpc) is 2.51. The van der Waals surface area contributed by atoms with Crippen molar-refractivity contribution in [2.45, 2.75) is 63.7 Å². The number of hydrogen-bond acceptors (Lipinski definition) is 3. The Morgan fingerprint density at radius 2 is 1.82 bits per heavy atom. The Labute approximate surface area is 106 Å². The van der Waals surface area contributed by atoms with Gasteiger partial charge in [0, 0.05) is 6.04 Å². The molecule has 0 aromatic carbocycles. The molecule has 102 valence electrons. The first-order valence-corrected chi connectivity index (χ1v) is 8.57. The van der Waals surface area contributed by atoms with Crippen LogP contribution in [-0.2, 0) is 9.84 Å². The Balaban J connectivity index is 2.71. The highest BCUT2D eigenvalue weighted by molar-refractivity contribution is 7.92. The van der Waals surface area contributed by atoms with Crippen LogP contribution in [0.5, 0.6) is 0 Å². The third-order valence-corrected chi connectivity index (χ3v) is 6.06. The van der Waals surface area contributed by atoms with E-state index in [1.807, 2.05) is 7.05 Å². The largest absolute Gasteiger partial charge is 0.316 e. The molecule has 0 amide bonds. The van der Waals surface area contributed by atoms with Gasteiger partial charge >= 0.3 is 0 Å². The number of nitrogens with one attached hydrogen (secondary N) is 1. The molecule has 2 atom stereocenters. The van der Waals surface area contributed by atoms with Gasteiger partial charge in [0.15, 0.2) is 9.84 Å². The van der Waals surface area contributed by atoms with E-state index in [4.69, 9.17) is 0 Å². The highest BCUT2D eigenvalue weighted by Gasteiger charge is 2.33. The maximum absolute atomic E-state index is 12.4. The van der Waals surface area contributed by atoms with Crippen LogP contribution in [0.3, 0.4) is 0 Å². The molecule has 0 aromatic heterocycles. The Bertz CT molecular complexity index is 311. The summed E-state index contributed by atoms with van der Waals surface area (Å²) in [6.07, 6.45) is 6.02. The fourth-order valence-corrected chi connectivity index (χ4v) is 4.99. The van der Waals surface area contributed by atoms with Crippen LogP contribution >= 0.6 is 0 Å². The molecule has 0 aromatic rings. The van der Waals surface area contributed by atoms with E-state index in [1.165, 1.54) is 6.42 Å². The van der Waals surface area contributed by atoms with Crippen LogP contribution in [0.15, 0.2) is 0 Å². The molecule has 0 spiro atoms. The van der Waals surface area contributed by atoms with Gasteiger partial charge in [-0.05, 0) is 32.2 Å². The van der Waals surface area contributed by atoms with Crippen molar-refractivity contribution in [1.29, 1.82) is 0 Å². The molecule has 0 saturated heterocycles. The molecular weight excluding hydrogens is 234 g/mol. The molecule has 0 heterocycles. The van der Waals surface area contributed by atoms with E-state index in [0.717, 1.165) is 32.1 Å². The van der Waals surface area contributed by atoms with Gasteiger partial charge in [0.25, 0.3) is 0 Å². The smallest absolute Gasteiger partial charge is 0.154 e. The van der Waals surface area contributed by atoms with E-state index in [0.29, 0.717) is 11.7 Å². The molecule has 3 nitrogen and oxygen atoms in total. The summed E-state index contributed by atoms with van der Waals surface area (Å²) in [7, 11) is -1.04. The molecule has 0 bridgehead atoms. The van der Waals surface area contributed by atoms with E-state index in [-0.39, 0.29) is 11.3 Å². The monoisotopic (exact) mass is 261 g/mol. The zero-order chi connectivity index (χ0) is 12.9. The zero-order valence-electron chi connectivity index (χ0n) is 11.4. The molecule has 1 saturated carbocycles. The average molecular weight is 261 g/mol. The predicted octanol–water partition coefficient (Wildman–Crippen LogP) is 2.37. The van der Waals surface area contributed by atoms with Crippen molar-refractivity contribution in [1.82, 2.24) is 5.32 Å². The molecular formula is C13H27NO2S. The van der Waals surface area contributed by atoms with Gasteiger partial charge in [-0.3, -0.25) is 0 Å². The van der Waals surface area contributed by atoms with Crippen LogP contribution in [0, 0.1) is 5.92 Å². The Morgan fingerprint density at radius 3 is 2.41 bits per heavy atom. The van der Waals surface area contributed by atoms with Crippen molar-refractivity contribution < 1.29 is 8.42 Å². The summed E-state index contributed by atoms with van der Waals surface area (Å²) in [6.45, 7) is 4.16. The lowest BCUT2D eigenvalue weighted by Gasteiger charge is -2.25. The molecule has 1 rings (SSSR count). The fourth-order valence-electron chi connectivity index (χ4n) is 2.59. The third-order valence-electron chi connectivity index (χ3n) is 3.76. The Kier molecular flexibility index (Phi) is 5.93. The van der Waals surface area contributed by atoms with Gasteiger partial charge in [-0.1, -0.05) is 33.1 Å². The molecule has 0 aliphatic heterocycles. The summed E-state index contributed by atoms with van der Waals surface area (Å²) in [6, 6.07) is 0.162. The molecule has 1 fully saturated rings. The molecule has 0 radical (unpaired) electrons. The van der Waals surface area contributed by atoms with Gasteiger partial charge in [0.1, 0.15) is 0 Å². The lowest BCUT2D eigenvalue weighted by atomic mass is 10.1. The molecule has 1 aliphatic rings. The second-order valence-corrected chi connectivity index (χ2v) is 7.96. The standard InChI is InChI=1S/C13H27NO2S/c1-11(2)9-10-17(15,16)13-8-6-4-5-7-12(13)14-3/h11-14H,4-10H2,1-3H3. The van der Waals surface area contributed by atoms with Gasteiger partial charge < -0.3 is 5.32 Å². The van der Waals surface area contributed by atoms with Crippen molar-refractivity contribution in [3.05, 3.63) is 0 Å². The molecule has 1 aliphatic carbocycles. The topological polar surface area (TPSA) is 46.2 Å². The first-order valence-electron chi connectivity index (χ1n) is 6.86. The normalized spacial score (nSPS) is 27.1. The predicted molar refractivity (Wildman–Crippen MR) is 73.0 cm³/mol. The second-order valence-electron chi connectivity index (χ2n) is 5.62. The van der Waals surface area contributed by atoms with Gasteiger partial charge in [0.2, 0.25) is 0 Å². The zero-order valence-corrected chi connectivity index (χ0v) is 12.2. The van der Waals surface area contributed by atoms with E-state index in [1.54, 1.807) is 0 Å². The van der Waals surface area contributed by atoms with E-state index in [2.05, 4.69) is 19.2 Å². The lowest BCUT2D eigenvalue weighted by Crippen LogP contribution is -2.42. The maximum atomic E-state index is 12.4. The summed E-state index contributed by atoms with van der Waals surface area (Å²) in [5, 5.41) is 3.05. The minimum absolute atomic E-state index is 0.159. The van der Waals surface area contributed by atoms with Crippen molar-refractivity contribution in [3.8, 4) is 0 Å². The van der Waals surface area contributed by atoms with Crippen LogP contribution < -0.4 is 5.32 Å². The summed E-state index contributed by atoms with van der Waals surface area (Å²) < 4.78 is 24.7. The van der Waals surface area contributed by atoms with Gasteiger partial charge in [0.05, 0.1) is 11.0 Å². The molecule has 2 unspecified atom stereocenters. The van der Waals surface area contributed by atoms with Crippen LogP contribution in [0.2, 0.25) is 0 Å². The third kappa shape index (κ3) is 4.59. The second kappa shape index (κ2) is 6.74. The minimum atomic E-state index is -2.93. The SMILES string of the molecule is CNC1CCCCCC1S(=O)(=O)CCC(C)C. The summed E-state index contributed by atoms with van der Waals surface area (Å²) in [5.74, 6) is 0.816. The Hall–Kier alpha value is -0.0900. The minimum Gasteiger partial charge on any atom is -0.316 e. The molecule has 17 heavy (non-hydrogen) atoms. The van der Waals surface area contributed by atoms with E-state index >= 15 is 0 Å². The van der Waals surface area contributed by atoms with E-state index < -0.39 is 9.84 Å². The summed E-state index contributed by atoms with van der Waals surface area (Å²) in [4.78, 5) is 0. The number of hydrogen-bond donors (Lipinski definition) is 1. The maximum Gasteiger partial charge on any atom is 0.154 e. The van der Waals surface area contributed by atoms with Crippen molar-refractivity contribution >= 4 is 9.84 Å². The van der Waals surface area contributed by atoms with Crippen molar-refractivity contribution in [3.63, 3.8) is 0 Å². The number of rotatable bonds is 5. The highest BCUT2D eigenvalue weighted by Crippen LogP contribution is 2.25. The van der Waals surface area contributed by atoms with Gasteiger partial charge in [-0.2, -0.15) is 0 Å². The van der Waals surface area contributed by atoms with Crippen LogP contribution in [0.25, 0.3) is 0 Å². The van der Waals surface area contributed by atoms with Crippen LogP contribution in [0.4, 0.5) is 0 Å². The molecule has 4 heteroatoms. The summed E-state index contributed by atoms with van der Waals surface area (Å²) >= 11 is 0. The van der Waals surface area contributed by atoms with Gasteiger partial charge in [-0.15, -0.1) is 0 Å². The van der Waals surface area contributed by atoms with Crippen molar-refractivity contribution in [2.24, 2.45) is 5.92 Å². The fraction of sp³-hybridized carbons (Fsp3) is 1.00. The quantitative estimate of drug-likeness (QED) is 0.773. The van der Waals surface area contributed by atoms with Gasteiger partial charge in [-0.25, -0.2) is 8.42 Å². The first-order chi connectivity index (χ1) is 7.97. The van der Waals surface area contributed by atoms with Crippen LogP contribution in [-0.4, -0.2) is 32.5 Å².